The van der Waals surface area contributed by atoms with Crippen molar-refractivity contribution in [3.63, 3.8) is 0 Å². The highest BCUT2D eigenvalue weighted by Gasteiger charge is 2.14. The zero-order valence-corrected chi connectivity index (χ0v) is 15.3. The van der Waals surface area contributed by atoms with Gasteiger partial charge in [-0.25, -0.2) is 14.2 Å². The summed E-state index contributed by atoms with van der Waals surface area (Å²) in [6, 6.07) is 11.4. The molecule has 3 aromatic heterocycles. The number of pyridine rings is 1. The lowest BCUT2D eigenvalue weighted by Gasteiger charge is -2.16. The normalized spacial score (nSPS) is 11.0. The van der Waals surface area contributed by atoms with Crippen LogP contribution in [0.25, 0.3) is 5.65 Å². The summed E-state index contributed by atoms with van der Waals surface area (Å²) in [5.74, 6) is 0.512. The summed E-state index contributed by atoms with van der Waals surface area (Å²) in [6.45, 7) is 2.19. The molecule has 4 rings (SSSR count). The van der Waals surface area contributed by atoms with Gasteiger partial charge in [0, 0.05) is 12.1 Å². The second-order valence-electron chi connectivity index (χ2n) is 6.14. The Morgan fingerprint density at radius 2 is 1.89 bits per heavy atom. The largest absolute Gasteiger partial charge is 0.481 e. The van der Waals surface area contributed by atoms with Crippen molar-refractivity contribution in [2.75, 3.05) is 12.4 Å². The van der Waals surface area contributed by atoms with Crippen LogP contribution in [0.15, 0.2) is 53.5 Å². The topological polar surface area (TPSA) is 86.3 Å². The van der Waals surface area contributed by atoms with Crippen molar-refractivity contribution < 1.29 is 9.13 Å². The Kier molecular flexibility index (Phi) is 4.48. The zero-order valence-electron chi connectivity index (χ0n) is 15.3. The molecular weight excluding hydrogens is 363 g/mol. The molecule has 142 valence electrons. The van der Waals surface area contributed by atoms with Gasteiger partial charge in [-0.1, -0.05) is 12.1 Å². The van der Waals surface area contributed by atoms with Crippen LogP contribution < -0.4 is 15.7 Å². The summed E-state index contributed by atoms with van der Waals surface area (Å²) in [5, 5.41) is 7.19. The van der Waals surface area contributed by atoms with E-state index in [1.807, 2.05) is 6.92 Å². The molecule has 0 aliphatic rings. The summed E-state index contributed by atoms with van der Waals surface area (Å²) in [4.78, 5) is 20.8. The molecule has 0 saturated carbocycles. The highest BCUT2D eigenvalue weighted by atomic mass is 19.1. The molecule has 0 unspecified atom stereocenters. The predicted octanol–water partition coefficient (Wildman–Crippen LogP) is 2.53. The Balaban J connectivity index is 1.80. The third kappa shape index (κ3) is 3.29. The molecule has 4 aromatic rings. The second kappa shape index (κ2) is 7.10. The average Bonchev–Trinajstić information content (AvgIpc) is 3.18. The minimum atomic E-state index is -0.503. The van der Waals surface area contributed by atoms with Crippen molar-refractivity contribution in [2.45, 2.75) is 13.5 Å². The van der Waals surface area contributed by atoms with E-state index in [1.165, 1.54) is 22.8 Å². The fourth-order valence-electron chi connectivity index (χ4n) is 2.88. The van der Waals surface area contributed by atoms with Crippen LogP contribution in [0.1, 0.15) is 11.3 Å². The third-order valence-corrected chi connectivity index (χ3v) is 4.31. The highest BCUT2D eigenvalue weighted by Crippen LogP contribution is 2.22. The van der Waals surface area contributed by atoms with Gasteiger partial charge >= 0.3 is 5.69 Å². The maximum absolute atomic E-state index is 13.3. The lowest BCUT2D eigenvalue weighted by Crippen LogP contribution is -2.25. The molecule has 0 spiro atoms. The van der Waals surface area contributed by atoms with Gasteiger partial charge < -0.3 is 10.1 Å². The third-order valence-electron chi connectivity index (χ3n) is 4.31. The minimum absolute atomic E-state index is 0.311. The van der Waals surface area contributed by atoms with E-state index in [0.717, 1.165) is 5.56 Å². The predicted molar refractivity (Wildman–Crippen MR) is 102 cm³/mol. The number of aryl methyl sites for hydroxylation is 1. The maximum Gasteiger partial charge on any atom is 0.373 e. The molecule has 8 nitrogen and oxygen atoms in total. The second-order valence-corrected chi connectivity index (χ2v) is 6.14. The quantitative estimate of drug-likeness (QED) is 0.573. The number of nitrogens with one attached hydrogen (secondary N) is 1. The smallest absolute Gasteiger partial charge is 0.373 e. The molecule has 9 heteroatoms. The number of nitrogens with zero attached hydrogens (tertiary/aromatic N) is 5. The first-order chi connectivity index (χ1) is 13.5. The van der Waals surface area contributed by atoms with Crippen molar-refractivity contribution in [1.29, 1.82) is 0 Å². The number of fused-ring (bicyclic) bond motifs is 1. The summed E-state index contributed by atoms with van der Waals surface area (Å²) < 4.78 is 21.4. The van der Waals surface area contributed by atoms with Crippen LogP contribution in [0.3, 0.4) is 0 Å². The number of hydrogen-bond acceptors (Lipinski definition) is 6. The lowest BCUT2D eigenvalue weighted by molar-refractivity contribution is 0.397. The van der Waals surface area contributed by atoms with E-state index in [9.17, 15) is 9.18 Å². The number of aromatic nitrogens is 5. The van der Waals surface area contributed by atoms with Gasteiger partial charge in [0.1, 0.15) is 11.5 Å². The molecule has 0 amide bonds. The van der Waals surface area contributed by atoms with Crippen molar-refractivity contribution in [1.82, 2.24) is 24.1 Å². The first-order valence-electron chi connectivity index (χ1n) is 8.53. The van der Waals surface area contributed by atoms with E-state index in [-0.39, 0.29) is 5.82 Å². The van der Waals surface area contributed by atoms with Gasteiger partial charge in [0.2, 0.25) is 11.8 Å². The fraction of sp³-hybridized carbons (Fsp3) is 0.158. The van der Waals surface area contributed by atoms with E-state index in [1.54, 1.807) is 42.0 Å². The van der Waals surface area contributed by atoms with Crippen LogP contribution in [-0.4, -0.2) is 31.3 Å². The average molecular weight is 380 g/mol. The van der Waals surface area contributed by atoms with Crippen LogP contribution in [-0.2, 0) is 6.54 Å². The van der Waals surface area contributed by atoms with Gasteiger partial charge in [0.05, 0.1) is 31.2 Å². The Labute approximate surface area is 159 Å². The minimum Gasteiger partial charge on any atom is -0.481 e. The molecular formula is C19H17FN6O2. The molecule has 0 atom stereocenters. The van der Waals surface area contributed by atoms with Crippen LogP contribution >= 0.6 is 0 Å². The number of hydrogen-bond donors (Lipinski definition) is 1. The summed E-state index contributed by atoms with van der Waals surface area (Å²) in [7, 11) is 1.55. The van der Waals surface area contributed by atoms with Gasteiger partial charge in [0.15, 0.2) is 0 Å². The summed E-state index contributed by atoms with van der Waals surface area (Å²) in [6.07, 6.45) is 1.53. The number of benzene rings is 1. The molecule has 0 fully saturated rings. The van der Waals surface area contributed by atoms with Crippen molar-refractivity contribution in [3.05, 3.63) is 76.2 Å². The Morgan fingerprint density at radius 1 is 1.11 bits per heavy atom. The molecule has 0 bridgehead atoms. The lowest BCUT2D eigenvalue weighted by atomic mass is 10.2. The number of rotatable bonds is 5. The molecule has 0 aliphatic heterocycles. The van der Waals surface area contributed by atoms with Gasteiger partial charge in [-0.05, 0) is 30.7 Å². The number of anilines is 2. The first-order valence-corrected chi connectivity index (χ1v) is 8.53. The Morgan fingerprint density at radius 3 is 2.61 bits per heavy atom. The van der Waals surface area contributed by atoms with Crippen LogP contribution in [0, 0.1) is 12.7 Å². The number of halogens is 1. The van der Waals surface area contributed by atoms with Gasteiger partial charge in [-0.3, -0.25) is 4.57 Å². The van der Waals surface area contributed by atoms with E-state index in [4.69, 9.17) is 4.74 Å². The highest BCUT2D eigenvalue weighted by molar-refractivity contribution is 5.59. The maximum atomic E-state index is 13.3. The molecule has 1 aromatic carbocycles. The Bertz CT molecular complexity index is 1200. The number of methoxy groups -OCH3 is 1. The Hall–Kier alpha value is -3.75. The van der Waals surface area contributed by atoms with Gasteiger partial charge in [-0.2, -0.15) is 14.6 Å². The molecule has 0 radical (unpaired) electrons. The monoisotopic (exact) mass is 380 g/mol. The van der Waals surface area contributed by atoms with Gasteiger partial charge in [0.25, 0.3) is 0 Å². The van der Waals surface area contributed by atoms with E-state index >= 15 is 0 Å². The van der Waals surface area contributed by atoms with Crippen molar-refractivity contribution >= 4 is 17.3 Å². The van der Waals surface area contributed by atoms with Gasteiger partial charge in [-0.15, -0.1) is 0 Å². The molecule has 3 heterocycles. The fourth-order valence-corrected chi connectivity index (χ4v) is 2.88. The van der Waals surface area contributed by atoms with Crippen molar-refractivity contribution in [2.24, 2.45) is 0 Å². The van der Waals surface area contributed by atoms with Crippen LogP contribution in [0.5, 0.6) is 5.88 Å². The van der Waals surface area contributed by atoms with E-state index < -0.39 is 5.69 Å². The van der Waals surface area contributed by atoms with Crippen LogP contribution in [0.2, 0.25) is 0 Å². The van der Waals surface area contributed by atoms with E-state index in [0.29, 0.717) is 35.4 Å². The molecule has 1 N–H and O–H groups in total. The first kappa shape index (κ1) is 17.7. The zero-order chi connectivity index (χ0) is 19.7. The van der Waals surface area contributed by atoms with E-state index in [2.05, 4.69) is 20.4 Å². The summed E-state index contributed by atoms with van der Waals surface area (Å²) in [5.41, 5.74) is 2.28. The molecule has 28 heavy (non-hydrogen) atoms. The number of ether oxygens (including phenoxy) is 1. The standard InChI is InChI=1S/C19H17FN6O2/c1-12-15(7-8-16(22-12)28-2)23-18-24-19(27)26-17(9-10-21-26)25(18)11-13-3-5-14(20)6-4-13/h3-10H,11H2,1-2H3,(H,23,24,27). The molecule has 0 saturated heterocycles. The summed E-state index contributed by atoms with van der Waals surface area (Å²) >= 11 is 0. The van der Waals surface area contributed by atoms with Crippen LogP contribution in [0.4, 0.5) is 16.0 Å². The van der Waals surface area contributed by atoms with Crippen molar-refractivity contribution in [3.8, 4) is 5.88 Å². The molecule has 0 aliphatic carbocycles. The SMILES string of the molecule is COc1ccc(Nc2nc(=O)n3nccc3n2Cc2ccc(F)cc2)c(C)n1.